The van der Waals surface area contributed by atoms with Gasteiger partial charge in [-0.2, -0.15) is 0 Å². The molecule has 0 radical (unpaired) electrons. The third kappa shape index (κ3) is 3.45. The van der Waals surface area contributed by atoms with Gasteiger partial charge < -0.3 is 9.64 Å². The summed E-state index contributed by atoms with van der Waals surface area (Å²) in [5.74, 6) is 1.01. The molecule has 112 valence electrons. The van der Waals surface area contributed by atoms with E-state index in [0.29, 0.717) is 0 Å². The molecule has 2 heteroatoms. The molecule has 0 saturated carbocycles. The van der Waals surface area contributed by atoms with Crippen LogP contribution in [0.2, 0.25) is 0 Å². The van der Waals surface area contributed by atoms with Gasteiger partial charge in [-0.25, -0.2) is 0 Å². The van der Waals surface area contributed by atoms with Crippen LogP contribution in [-0.4, -0.2) is 32.6 Å². The molecule has 0 heterocycles. The summed E-state index contributed by atoms with van der Waals surface area (Å²) in [6.07, 6.45) is 0.995. The minimum Gasteiger partial charge on any atom is -0.496 e. The smallest absolute Gasteiger partial charge is 0.129 e. The van der Waals surface area contributed by atoms with Gasteiger partial charge >= 0.3 is 0 Å². The van der Waals surface area contributed by atoms with E-state index in [-0.39, 0.29) is 0 Å². The first-order chi connectivity index (χ1) is 10.0. The Balaban J connectivity index is 2.51. The highest BCUT2D eigenvalue weighted by Crippen LogP contribution is 2.37. The molecule has 2 aromatic carbocycles. The molecule has 2 rings (SSSR count). The molecule has 0 aromatic heterocycles. The standard InChI is InChI=1S/C19H25NO/c1-14-8-6-9-15(2)18(14)17-11-7-10-16(19(17)21-5)12-13-20(3)4/h6-11H,12-13H2,1-5H3. The molecule has 0 saturated heterocycles. The fourth-order valence-corrected chi connectivity index (χ4v) is 2.80. The number of likely N-dealkylation sites (N-methyl/N-ethyl adjacent to an activating group) is 1. The molecular formula is C19H25NO. The summed E-state index contributed by atoms with van der Waals surface area (Å²) in [4.78, 5) is 2.20. The number of para-hydroxylation sites is 1. The van der Waals surface area contributed by atoms with E-state index in [4.69, 9.17) is 4.74 Å². The second kappa shape index (κ2) is 6.77. The van der Waals surface area contributed by atoms with Gasteiger partial charge in [-0.1, -0.05) is 36.4 Å². The predicted octanol–water partition coefficient (Wildman–Crippen LogP) is 4.08. The second-order valence-electron chi connectivity index (χ2n) is 5.82. The maximum absolute atomic E-state index is 5.75. The predicted molar refractivity (Wildman–Crippen MR) is 90.2 cm³/mol. The Morgan fingerprint density at radius 1 is 0.952 bits per heavy atom. The average Bonchev–Trinajstić information content (AvgIpc) is 2.45. The van der Waals surface area contributed by atoms with E-state index in [2.05, 4.69) is 69.2 Å². The third-order valence-electron chi connectivity index (χ3n) is 3.88. The van der Waals surface area contributed by atoms with Crippen molar-refractivity contribution in [3.8, 4) is 16.9 Å². The molecule has 0 bridgehead atoms. The van der Waals surface area contributed by atoms with Crippen molar-refractivity contribution in [2.75, 3.05) is 27.7 Å². The first-order valence-corrected chi connectivity index (χ1v) is 7.41. The van der Waals surface area contributed by atoms with E-state index >= 15 is 0 Å². The summed E-state index contributed by atoms with van der Waals surface area (Å²) >= 11 is 0. The monoisotopic (exact) mass is 283 g/mol. The number of hydrogen-bond acceptors (Lipinski definition) is 2. The summed E-state index contributed by atoms with van der Waals surface area (Å²) in [5.41, 5.74) is 6.34. The van der Waals surface area contributed by atoms with Crippen LogP contribution in [0.5, 0.6) is 5.75 Å². The summed E-state index contributed by atoms with van der Waals surface area (Å²) in [6.45, 7) is 5.34. The Kier molecular flexibility index (Phi) is 5.03. The molecule has 0 aliphatic heterocycles. The second-order valence-corrected chi connectivity index (χ2v) is 5.82. The van der Waals surface area contributed by atoms with Gasteiger partial charge in [-0.05, 0) is 56.6 Å². The minimum atomic E-state index is 0.995. The molecule has 0 spiro atoms. The number of ether oxygens (including phenoxy) is 1. The van der Waals surface area contributed by atoms with Crippen molar-refractivity contribution in [2.24, 2.45) is 0 Å². The fraction of sp³-hybridized carbons (Fsp3) is 0.368. The topological polar surface area (TPSA) is 12.5 Å². The zero-order valence-corrected chi connectivity index (χ0v) is 13.7. The molecule has 0 amide bonds. The van der Waals surface area contributed by atoms with Crippen LogP contribution in [0.15, 0.2) is 36.4 Å². The van der Waals surface area contributed by atoms with Gasteiger partial charge in [0, 0.05) is 12.1 Å². The van der Waals surface area contributed by atoms with Crippen molar-refractivity contribution in [3.63, 3.8) is 0 Å². The summed E-state index contributed by atoms with van der Waals surface area (Å²) in [6, 6.07) is 12.9. The van der Waals surface area contributed by atoms with Crippen LogP contribution in [0, 0.1) is 13.8 Å². The molecule has 0 aliphatic rings. The molecule has 0 aliphatic carbocycles. The molecular weight excluding hydrogens is 258 g/mol. The minimum absolute atomic E-state index is 0.995. The van der Waals surface area contributed by atoms with Crippen molar-refractivity contribution in [3.05, 3.63) is 53.1 Å². The van der Waals surface area contributed by atoms with Crippen LogP contribution < -0.4 is 4.74 Å². The van der Waals surface area contributed by atoms with Crippen molar-refractivity contribution in [1.29, 1.82) is 0 Å². The number of aryl methyl sites for hydroxylation is 2. The van der Waals surface area contributed by atoms with E-state index in [0.717, 1.165) is 18.7 Å². The number of nitrogens with zero attached hydrogens (tertiary/aromatic N) is 1. The highest BCUT2D eigenvalue weighted by atomic mass is 16.5. The van der Waals surface area contributed by atoms with E-state index in [9.17, 15) is 0 Å². The summed E-state index contributed by atoms with van der Waals surface area (Å²) in [5, 5.41) is 0. The van der Waals surface area contributed by atoms with Crippen molar-refractivity contribution >= 4 is 0 Å². The number of rotatable bonds is 5. The van der Waals surface area contributed by atoms with Crippen LogP contribution in [0.3, 0.4) is 0 Å². The first kappa shape index (κ1) is 15.6. The zero-order chi connectivity index (χ0) is 15.4. The van der Waals surface area contributed by atoms with Crippen LogP contribution in [0.1, 0.15) is 16.7 Å². The van der Waals surface area contributed by atoms with Crippen molar-refractivity contribution < 1.29 is 4.74 Å². The summed E-state index contributed by atoms with van der Waals surface area (Å²) in [7, 11) is 5.97. The number of benzene rings is 2. The van der Waals surface area contributed by atoms with Gasteiger partial charge in [-0.3, -0.25) is 0 Å². The largest absolute Gasteiger partial charge is 0.496 e. The van der Waals surface area contributed by atoms with Crippen LogP contribution >= 0.6 is 0 Å². The van der Waals surface area contributed by atoms with Gasteiger partial charge in [0.05, 0.1) is 7.11 Å². The zero-order valence-electron chi connectivity index (χ0n) is 13.7. The van der Waals surface area contributed by atoms with Crippen LogP contribution in [-0.2, 0) is 6.42 Å². The first-order valence-electron chi connectivity index (χ1n) is 7.41. The van der Waals surface area contributed by atoms with E-state index in [1.165, 1.54) is 27.8 Å². The molecule has 0 unspecified atom stereocenters. The Morgan fingerprint density at radius 3 is 2.14 bits per heavy atom. The molecule has 0 N–H and O–H groups in total. The number of hydrogen-bond donors (Lipinski definition) is 0. The fourth-order valence-electron chi connectivity index (χ4n) is 2.80. The number of methoxy groups -OCH3 is 1. The third-order valence-corrected chi connectivity index (χ3v) is 3.88. The van der Waals surface area contributed by atoms with Gasteiger partial charge in [0.2, 0.25) is 0 Å². The van der Waals surface area contributed by atoms with Crippen molar-refractivity contribution in [1.82, 2.24) is 4.90 Å². The molecule has 2 nitrogen and oxygen atoms in total. The Hall–Kier alpha value is -1.80. The SMILES string of the molecule is COc1c(CCN(C)C)cccc1-c1c(C)cccc1C. The van der Waals surface area contributed by atoms with E-state index in [1.807, 2.05) is 0 Å². The average molecular weight is 283 g/mol. The van der Waals surface area contributed by atoms with Gasteiger partial charge in [-0.15, -0.1) is 0 Å². The molecule has 0 fully saturated rings. The lowest BCUT2D eigenvalue weighted by atomic mass is 9.93. The molecule has 0 atom stereocenters. The normalized spacial score (nSPS) is 11.0. The van der Waals surface area contributed by atoms with Gasteiger partial charge in [0.15, 0.2) is 0 Å². The highest BCUT2D eigenvalue weighted by molar-refractivity contribution is 5.77. The van der Waals surface area contributed by atoms with E-state index in [1.54, 1.807) is 7.11 Å². The lowest BCUT2D eigenvalue weighted by Crippen LogP contribution is -2.15. The molecule has 21 heavy (non-hydrogen) atoms. The quantitative estimate of drug-likeness (QED) is 0.819. The highest BCUT2D eigenvalue weighted by Gasteiger charge is 2.14. The Labute approximate surface area is 128 Å². The van der Waals surface area contributed by atoms with Gasteiger partial charge in [0.1, 0.15) is 5.75 Å². The van der Waals surface area contributed by atoms with Gasteiger partial charge in [0.25, 0.3) is 0 Å². The van der Waals surface area contributed by atoms with Crippen LogP contribution in [0.25, 0.3) is 11.1 Å². The van der Waals surface area contributed by atoms with Crippen LogP contribution in [0.4, 0.5) is 0 Å². The Bertz CT molecular complexity index is 597. The van der Waals surface area contributed by atoms with Crippen molar-refractivity contribution in [2.45, 2.75) is 20.3 Å². The maximum atomic E-state index is 5.75. The Morgan fingerprint density at radius 2 is 1.57 bits per heavy atom. The maximum Gasteiger partial charge on any atom is 0.129 e. The summed E-state index contributed by atoms with van der Waals surface area (Å²) < 4.78 is 5.75. The lowest BCUT2D eigenvalue weighted by Gasteiger charge is -2.18. The lowest BCUT2D eigenvalue weighted by molar-refractivity contribution is 0.393. The molecule has 2 aromatic rings. The van der Waals surface area contributed by atoms with E-state index < -0.39 is 0 Å².